The fourth-order valence-corrected chi connectivity index (χ4v) is 5.35. The highest BCUT2D eigenvalue weighted by Gasteiger charge is 2.49. The topological polar surface area (TPSA) is 90.5 Å². The second-order valence-electron chi connectivity index (χ2n) is 8.89. The van der Waals surface area contributed by atoms with E-state index in [1.165, 1.54) is 25.7 Å². The molecule has 0 spiro atoms. The molecule has 1 atom stereocenters. The molecule has 1 aromatic carbocycles. The van der Waals surface area contributed by atoms with E-state index in [0.717, 1.165) is 29.8 Å². The fraction of sp³-hybridized carbons (Fsp3) is 0.591. The Kier molecular flexibility index (Phi) is 4.67. The molecule has 29 heavy (non-hydrogen) atoms. The molecule has 1 aliphatic carbocycles. The van der Waals surface area contributed by atoms with Crippen LogP contribution < -0.4 is 16.0 Å². The first-order valence-electron chi connectivity index (χ1n) is 10.8. The third-order valence-electron chi connectivity index (χ3n) is 7.18. The number of amides is 3. The molecule has 2 saturated heterocycles. The Hall–Kier alpha value is -2.25. The first kappa shape index (κ1) is 18.8. The summed E-state index contributed by atoms with van der Waals surface area (Å²) in [5, 5.41) is 9.60. The van der Waals surface area contributed by atoms with E-state index in [0.29, 0.717) is 25.4 Å². The Labute approximate surface area is 170 Å². The number of rotatable bonds is 5. The minimum absolute atomic E-state index is 0.0846. The highest BCUT2D eigenvalue weighted by atomic mass is 16.2. The van der Waals surface area contributed by atoms with Gasteiger partial charge in [-0.25, -0.2) is 0 Å². The van der Waals surface area contributed by atoms with Crippen molar-refractivity contribution in [1.29, 1.82) is 0 Å². The van der Waals surface area contributed by atoms with Gasteiger partial charge in [0, 0.05) is 30.6 Å². The Balaban J connectivity index is 1.31. The zero-order valence-electron chi connectivity index (χ0n) is 16.6. The minimum Gasteiger partial charge on any atom is -0.322 e. The molecular formula is C22H28N4O3. The summed E-state index contributed by atoms with van der Waals surface area (Å²) in [7, 11) is 0. The Bertz CT molecular complexity index is 858. The van der Waals surface area contributed by atoms with Gasteiger partial charge in [-0.1, -0.05) is 18.2 Å². The van der Waals surface area contributed by atoms with Gasteiger partial charge in [0.2, 0.25) is 11.8 Å². The molecule has 0 aromatic heterocycles. The summed E-state index contributed by atoms with van der Waals surface area (Å²) in [5.74, 6) is 0.00709. The second-order valence-corrected chi connectivity index (χ2v) is 8.89. The van der Waals surface area contributed by atoms with Crippen LogP contribution in [0.5, 0.6) is 0 Å². The van der Waals surface area contributed by atoms with Crippen molar-refractivity contribution < 1.29 is 14.4 Å². The SMILES string of the molecule is O=C1CCC(N2Cc3cccc(CNC4(C5CCNCC5)CC4)c3C2=O)C(=O)N1. The zero-order valence-corrected chi connectivity index (χ0v) is 16.6. The van der Waals surface area contributed by atoms with Gasteiger partial charge in [-0.05, 0) is 62.2 Å². The van der Waals surface area contributed by atoms with Crippen LogP contribution in [0, 0.1) is 5.92 Å². The van der Waals surface area contributed by atoms with Crippen molar-refractivity contribution in [1.82, 2.24) is 20.9 Å². The van der Waals surface area contributed by atoms with E-state index in [-0.39, 0.29) is 29.7 Å². The number of fused-ring (bicyclic) bond motifs is 1. The van der Waals surface area contributed by atoms with Gasteiger partial charge < -0.3 is 15.5 Å². The predicted octanol–water partition coefficient (Wildman–Crippen LogP) is 1.07. The summed E-state index contributed by atoms with van der Waals surface area (Å²) in [6.07, 6.45) is 5.52. The van der Waals surface area contributed by atoms with Crippen LogP contribution in [0.2, 0.25) is 0 Å². The molecule has 0 bridgehead atoms. The summed E-state index contributed by atoms with van der Waals surface area (Å²) >= 11 is 0. The Morgan fingerprint density at radius 3 is 2.62 bits per heavy atom. The molecule has 4 aliphatic rings. The van der Waals surface area contributed by atoms with Crippen molar-refractivity contribution in [3.8, 4) is 0 Å². The van der Waals surface area contributed by atoms with E-state index in [1.54, 1.807) is 4.90 Å². The lowest BCUT2D eigenvalue weighted by atomic mass is 9.87. The molecule has 5 rings (SSSR count). The molecule has 154 valence electrons. The molecule has 3 N–H and O–H groups in total. The van der Waals surface area contributed by atoms with Gasteiger partial charge in [0.15, 0.2) is 0 Å². The maximum absolute atomic E-state index is 13.2. The van der Waals surface area contributed by atoms with Crippen LogP contribution in [0.3, 0.4) is 0 Å². The standard InChI is InChI=1S/C22H28N4O3/c27-18-5-4-17(20(28)25-18)26-13-15-3-1-2-14(19(15)21(26)29)12-24-22(8-9-22)16-6-10-23-11-7-16/h1-3,16-17,23-24H,4-13H2,(H,25,27,28). The summed E-state index contributed by atoms with van der Waals surface area (Å²) in [4.78, 5) is 38.6. The number of imide groups is 1. The monoisotopic (exact) mass is 396 g/mol. The number of carbonyl (C=O) groups excluding carboxylic acids is 3. The third kappa shape index (κ3) is 3.36. The molecule has 7 heteroatoms. The smallest absolute Gasteiger partial charge is 0.255 e. The normalized spacial score (nSPS) is 26.4. The highest BCUT2D eigenvalue weighted by molar-refractivity contribution is 6.05. The fourth-order valence-electron chi connectivity index (χ4n) is 5.35. The maximum atomic E-state index is 13.2. The minimum atomic E-state index is -0.557. The van der Waals surface area contributed by atoms with E-state index < -0.39 is 6.04 Å². The van der Waals surface area contributed by atoms with E-state index in [9.17, 15) is 14.4 Å². The molecule has 1 aromatic rings. The van der Waals surface area contributed by atoms with Gasteiger partial charge in [-0.2, -0.15) is 0 Å². The molecule has 1 unspecified atom stereocenters. The lowest BCUT2D eigenvalue weighted by molar-refractivity contribution is -0.136. The van der Waals surface area contributed by atoms with Gasteiger partial charge in [0.25, 0.3) is 5.91 Å². The molecule has 3 heterocycles. The molecule has 3 fully saturated rings. The second kappa shape index (κ2) is 7.22. The average Bonchev–Trinajstić information content (AvgIpc) is 3.45. The number of hydrogen-bond donors (Lipinski definition) is 3. The first-order valence-corrected chi connectivity index (χ1v) is 10.8. The van der Waals surface area contributed by atoms with Gasteiger partial charge in [0.05, 0.1) is 0 Å². The molecule has 3 aliphatic heterocycles. The number of nitrogens with zero attached hydrogens (tertiary/aromatic N) is 1. The van der Waals surface area contributed by atoms with Crippen molar-refractivity contribution in [2.45, 2.75) is 63.2 Å². The molecule has 1 saturated carbocycles. The van der Waals surface area contributed by atoms with Crippen LogP contribution in [0.1, 0.15) is 60.0 Å². The van der Waals surface area contributed by atoms with Crippen molar-refractivity contribution >= 4 is 17.7 Å². The number of carbonyl (C=O) groups is 3. The van der Waals surface area contributed by atoms with Crippen LogP contribution in [-0.2, 0) is 22.7 Å². The zero-order chi connectivity index (χ0) is 20.0. The van der Waals surface area contributed by atoms with Crippen LogP contribution in [0.15, 0.2) is 18.2 Å². The number of benzene rings is 1. The van der Waals surface area contributed by atoms with Crippen molar-refractivity contribution in [2.24, 2.45) is 5.92 Å². The first-order chi connectivity index (χ1) is 14.1. The maximum Gasteiger partial charge on any atom is 0.255 e. The predicted molar refractivity (Wildman–Crippen MR) is 107 cm³/mol. The van der Waals surface area contributed by atoms with E-state index in [4.69, 9.17) is 0 Å². The van der Waals surface area contributed by atoms with Gasteiger partial charge in [-0.3, -0.25) is 19.7 Å². The molecule has 3 amide bonds. The summed E-state index contributed by atoms with van der Waals surface area (Å²) < 4.78 is 0. The summed E-state index contributed by atoms with van der Waals surface area (Å²) in [6.45, 7) is 3.30. The van der Waals surface area contributed by atoms with Crippen LogP contribution >= 0.6 is 0 Å². The number of piperidine rings is 2. The molecular weight excluding hydrogens is 368 g/mol. The van der Waals surface area contributed by atoms with E-state index in [1.807, 2.05) is 18.2 Å². The van der Waals surface area contributed by atoms with Gasteiger partial charge in [0.1, 0.15) is 6.04 Å². The lowest BCUT2D eigenvalue weighted by Gasteiger charge is -2.32. The van der Waals surface area contributed by atoms with Gasteiger partial charge in [-0.15, -0.1) is 0 Å². The third-order valence-corrected chi connectivity index (χ3v) is 7.18. The van der Waals surface area contributed by atoms with E-state index in [2.05, 4.69) is 16.0 Å². The summed E-state index contributed by atoms with van der Waals surface area (Å²) in [5.41, 5.74) is 2.97. The van der Waals surface area contributed by atoms with Crippen molar-refractivity contribution in [2.75, 3.05) is 13.1 Å². The van der Waals surface area contributed by atoms with Crippen molar-refractivity contribution in [3.05, 3.63) is 34.9 Å². The summed E-state index contributed by atoms with van der Waals surface area (Å²) in [6, 6.07) is 5.44. The van der Waals surface area contributed by atoms with Crippen LogP contribution in [0.25, 0.3) is 0 Å². The van der Waals surface area contributed by atoms with Crippen LogP contribution in [-0.4, -0.2) is 47.3 Å². The number of hydrogen-bond acceptors (Lipinski definition) is 5. The lowest BCUT2D eigenvalue weighted by Crippen LogP contribution is -2.52. The number of nitrogens with one attached hydrogen (secondary N) is 3. The van der Waals surface area contributed by atoms with Gasteiger partial charge >= 0.3 is 0 Å². The Morgan fingerprint density at radius 1 is 1.10 bits per heavy atom. The van der Waals surface area contributed by atoms with E-state index >= 15 is 0 Å². The Morgan fingerprint density at radius 2 is 1.90 bits per heavy atom. The van der Waals surface area contributed by atoms with Crippen molar-refractivity contribution in [3.63, 3.8) is 0 Å². The highest BCUT2D eigenvalue weighted by Crippen LogP contribution is 2.46. The largest absolute Gasteiger partial charge is 0.322 e. The quantitative estimate of drug-likeness (QED) is 0.648. The van der Waals surface area contributed by atoms with Crippen LogP contribution in [0.4, 0.5) is 0 Å². The molecule has 7 nitrogen and oxygen atoms in total. The average molecular weight is 396 g/mol. The molecule has 0 radical (unpaired) electrons.